The van der Waals surface area contributed by atoms with Gasteiger partial charge in [0.25, 0.3) is 0 Å². The molecular weight excluding hydrogens is 456 g/mol. The van der Waals surface area contributed by atoms with E-state index in [2.05, 4.69) is 0 Å². The van der Waals surface area contributed by atoms with E-state index in [1.807, 2.05) is 55.1 Å². The molecule has 5 aromatic rings. The molecule has 0 atom stereocenters. The van der Waals surface area contributed by atoms with Gasteiger partial charge in [0.05, 0.1) is 0 Å². The van der Waals surface area contributed by atoms with E-state index in [1.165, 1.54) is 36.4 Å². The Balaban J connectivity index is 1.84. The molecule has 4 aromatic carbocycles. The first-order valence-corrected chi connectivity index (χ1v) is 12.7. The van der Waals surface area contributed by atoms with Crippen molar-refractivity contribution < 1.29 is 21.0 Å². The highest BCUT2D eigenvalue weighted by molar-refractivity contribution is 7.11. The molecule has 1 aromatic heterocycles. The predicted octanol–water partition coefficient (Wildman–Crippen LogP) is 3.07. The van der Waals surface area contributed by atoms with Gasteiger partial charge < -0.3 is 0 Å². The van der Waals surface area contributed by atoms with Crippen molar-refractivity contribution in [2.75, 3.05) is 0 Å². The monoisotopic (exact) mass is 502 g/mol. The van der Waals surface area contributed by atoms with Crippen molar-refractivity contribution in [3.63, 3.8) is 0 Å². The molecule has 1 aliphatic heterocycles. The van der Waals surface area contributed by atoms with Gasteiger partial charge in [-0.15, -0.1) is 0 Å². The Bertz CT molecular complexity index is 2050. The predicted molar refractivity (Wildman–Crippen MR) is 165 cm³/mol. The molecule has 38 heavy (non-hydrogen) atoms. The summed E-state index contributed by atoms with van der Waals surface area (Å²) in [7, 11) is 1.90. The van der Waals surface area contributed by atoms with E-state index >= 15 is 0 Å². The summed E-state index contributed by atoms with van der Waals surface area (Å²) in [5.41, 5.74) is 4.57. The van der Waals surface area contributed by atoms with Crippen molar-refractivity contribution in [2.24, 2.45) is 7.05 Å². The zero-order valence-corrected chi connectivity index (χ0v) is 21.3. The smallest absolute Gasteiger partial charge is 0.201 e. The zero-order chi connectivity index (χ0) is 36.6. The van der Waals surface area contributed by atoms with Crippen molar-refractivity contribution >= 4 is 46.2 Å². The van der Waals surface area contributed by atoms with Gasteiger partial charge in [-0.1, -0.05) is 122 Å². The van der Waals surface area contributed by atoms with Crippen molar-refractivity contribution in [1.82, 2.24) is 0 Å². The van der Waals surface area contributed by atoms with Crippen LogP contribution in [-0.4, -0.2) is 13.4 Å². The molecular formula is C35H34B2N+. The number of aromatic nitrogens is 1. The average Bonchev–Trinajstić information content (AvgIpc) is 3.02. The number of hydrogen-bond acceptors (Lipinski definition) is 0. The highest BCUT2D eigenvalue weighted by atomic mass is 14.9. The summed E-state index contributed by atoms with van der Waals surface area (Å²) in [4.78, 5) is 0. The topological polar surface area (TPSA) is 3.88 Å². The summed E-state index contributed by atoms with van der Waals surface area (Å²) < 4.78 is 104. The Hall–Kier alpha value is -3.84. The molecule has 0 bridgehead atoms. The minimum absolute atomic E-state index is 0.0995. The fourth-order valence-corrected chi connectivity index (χ4v) is 6.19. The fraction of sp³-hybridized carbons (Fsp3) is 0.171. The second-order valence-electron chi connectivity index (χ2n) is 9.97. The van der Waals surface area contributed by atoms with Crippen LogP contribution in [0.2, 0.25) is 0 Å². The number of rotatable bonds is 3. The fourth-order valence-electron chi connectivity index (χ4n) is 6.19. The van der Waals surface area contributed by atoms with Crippen LogP contribution in [0.25, 0.3) is 11.3 Å². The Morgan fingerprint density at radius 3 is 1.68 bits per heavy atom. The van der Waals surface area contributed by atoms with Crippen molar-refractivity contribution in [3.05, 3.63) is 125 Å². The first-order valence-electron chi connectivity index (χ1n) is 18.7. The molecule has 0 saturated heterocycles. The van der Waals surface area contributed by atoms with E-state index in [0.29, 0.717) is 21.9 Å². The van der Waals surface area contributed by atoms with Crippen LogP contribution < -0.4 is 37.3 Å². The Morgan fingerprint density at radius 1 is 0.553 bits per heavy atom. The van der Waals surface area contributed by atoms with Gasteiger partial charge in [0.15, 0.2) is 6.20 Å². The number of aryl methyl sites for hydroxylation is 5. The Labute approximate surface area is 245 Å². The normalized spacial score (nSPS) is 18.4. The molecule has 0 fully saturated rings. The number of fused-ring (bicyclic) bond motifs is 2. The zero-order valence-electron chi connectivity index (χ0n) is 33.3. The lowest BCUT2D eigenvalue weighted by Gasteiger charge is -2.36. The maximum absolute atomic E-state index is 8.55. The van der Waals surface area contributed by atoms with Gasteiger partial charge in [-0.2, -0.15) is 0 Å². The number of benzene rings is 4. The van der Waals surface area contributed by atoms with E-state index in [4.69, 9.17) is 16.4 Å². The van der Waals surface area contributed by atoms with Crippen LogP contribution in [0, 0.1) is 34.3 Å². The molecule has 1 aliphatic rings. The van der Waals surface area contributed by atoms with Gasteiger partial charge in [-0.25, -0.2) is 4.57 Å². The van der Waals surface area contributed by atoms with E-state index in [9.17, 15) is 0 Å². The molecule has 0 spiro atoms. The summed E-state index contributed by atoms with van der Waals surface area (Å²) in [6, 6.07) is 25.3. The maximum Gasteiger partial charge on any atom is 0.241 e. The van der Waals surface area contributed by atoms with Crippen molar-refractivity contribution in [1.29, 1.82) is 0 Å². The third-order valence-electron chi connectivity index (χ3n) is 7.89. The molecule has 2 heterocycles. The summed E-state index contributed by atoms with van der Waals surface area (Å²) in [6.45, 7) is -10.6. The van der Waals surface area contributed by atoms with Crippen LogP contribution in [0.15, 0.2) is 97.2 Å². The van der Waals surface area contributed by atoms with Crippen LogP contribution in [0.1, 0.15) is 44.3 Å². The summed E-state index contributed by atoms with van der Waals surface area (Å²) in [6.07, 6.45) is 1.90. The van der Waals surface area contributed by atoms with Gasteiger partial charge in [0.1, 0.15) is 7.05 Å². The molecule has 0 radical (unpaired) electrons. The van der Waals surface area contributed by atoms with Crippen LogP contribution in [0.4, 0.5) is 0 Å². The van der Waals surface area contributed by atoms with Gasteiger partial charge in [-0.3, -0.25) is 0 Å². The summed E-state index contributed by atoms with van der Waals surface area (Å²) in [5, 5.41) is 0. The lowest BCUT2D eigenvalue weighted by Crippen LogP contribution is -2.76. The van der Waals surface area contributed by atoms with Gasteiger partial charge in [0, 0.05) is 34.1 Å². The largest absolute Gasteiger partial charge is 0.241 e. The summed E-state index contributed by atoms with van der Waals surface area (Å²) in [5.74, 6) is 0. The number of nitrogens with zero attached hydrogens (tertiary/aromatic N) is 1. The lowest BCUT2D eigenvalue weighted by atomic mass is 9.20. The van der Waals surface area contributed by atoms with E-state index < -0.39 is 40.8 Å². The molecule has 6 rings (SSSR count). The molecule has 0 aliphatic carbocycles. The van der Waals surface area contributed by atoms with Crippen LogP contribution in [0.3, 0.4) is 0 Å². The minimum Gasteiger partial charge on any atom is -0.201 e. The SMILES string of the molecule is [2H]C([2H])([2H])c1cccc(C([2H])([2H])[2H])c1B1c2ccccc2B(c2c(C([2H])([2H])[2H])cccc2C([2H])([2H])[2H])c2c1ccc(-c1cccc[n+]1C)c2C. The van der Waals surface area contributed by atoms with Crippen molar-refractivity contribution in [3.8, 4) is 11.3 Å². The van der Waals surface area contributed by atoms with Crippen molar-refractivity contribution in [2.45, 2.75) is 34.3 Å². The quantitative estimate of drug-likeness (QED) is 0.259. The molecule has 1 nitrogen and oxygen atoms in total. The molecule has 0 N–H and O–H groups in total. The maximum atomic E-state index is 8.55. The molecule has 184 valence electrons. The third-order valence-corrected chi connectivity index (χ3v) is 7.89. The third kappa shape index (κ3) is 3.76. The lowest BCUT2D eigenvalue weighted by molar-refractivity contribution is -0.660. The molecule has 0 unspecified atom stereocenters. The Kier molecular flexibility index (Phi) is 3.58. The second-order valence-corrected chi connectivity index (χ2v) is 9.97. The highest BCUT2D eigenvalue weighted by Gasteiger charge is 2.41. The molecule has 0 amide bonds. The molecule has 0 saturated carbocycles. The molecule has 3 heteroatoms. The number of hydrogen-bond donors (Lipinski definition) is 0. The van der Waals surface area contributed by atoms with Crippen LogP contribution in [-0.2, 0) is 7.05 Å². The van der Waals surface area contributed by atoms with Crippen LogP contribution >= 0.6 is 0 Å². The Morgan fingerprint density at radius 2 is 1.11 bits per heavy atom. The number of pyridine rings is 1. The highest BCUT2D eigenvalue weighted by Crippen LogP contribution is 2.20. The average molecular weight is 502 g/mol. The van der Waals surface area contributed by atoms with Gasteiger partial charge in [-0.05, 0) is 52.0 Å². The van der Waals surface area contributed by atoms with E-state index in [-0.39, 0.29) is 33.2 Å². The first-order chi connectivity index (χ1) is 23.2. The standard InChI is InChI=1S/C35H34B2N/c1-23-13-11-14-24(2)33(23)36-29-17-7-8-18-30(29)37(34-25(3)15-12-16-26(34)4)35-27(5)28(20-21-31(35)36)32-19-9-10-22-38(32)6/h7-22H,1-6H3/q+1/i1D3,2D3,3D3,4D3. The van der Waals surface area contributed by atoms with Crippen LogP contribution in [0.5, 0.6) is 0 Å². The van der Waals surface area contributed by atoms with Gasteiger partial charge >= 0.3 is 0 Å². The van der Waals surface area contributed by atoms with Gasteiger partial charge in [0.2, 0.25) is 19.1 Å². The van der Waals surface area contributed by atoms with E-state index in [0.717, 1.165) is 16.8 Å². The minimum atomic E-state index is -2.68. The van der Waals surface area contributed by atoms with E-state index in [1.54, 1.807) is 24.3 Å². The first kappa shape index (κ1) is 14.4. The second kappa shape index (κ2) is 9.48. The summed E-state index contributed by atoms with van der Waals surface area (Å²) >= 11 is 0.